The molecule has 1 saturated heterocycles. The normalized spacial score (nSPS) is 14.5. The highest BCUT2D eigenvalue weighted by atomic mass is 32.2. The lowest BCUT2D eigenvalue weighted by Gasteiger charge is -2.21. The number of hydrogen-bond donors (Lipinski definition) is 0. The first-order chi connectivity index (χ1) is 13.6. The van der Waals surface area contributed by atoms with Gasteiger partial charge in [0, 0.05) is 43.2 Å². The number of nitrogens with zero attached hydrogens (tertiary/aromatic N) is 2. The van der Waals surface area contributed by atoms with Crippen molar-refractivity contribution in [2.75, 3.05) is 31.9 Å². The van der Waals surface area contributed by atoms with E-state index in [0.29, 0.717) is 38.3 Å². The number of benzene rings is 2. The van der Waals surface area contributed by atoms with Crippen molar-refractivity contribution < 1.29 is 14.3 Å². The maximum atomic E-state index is 12.5. The van der Waals surface area contributed by atoms with E-state index in [-0.39, 0.29) is 12.0 Å². The van der Waals surface area contributed by atoms with Crippen LogP contribution in [-0.4, -0.2) is 53.7 Å². The third-order valence-electron chi connectivity index (χ3n) is 4.66. The van der Waals surface area contributed by atoms with Crippen LogP contribution in [0, 0.1) is 6.92 Å². The van der Waals surface area contributed by atoms with Gasteiger partial charge in [-0.2, -0.15) is 0 Å². The van der Waals surface area contributed by atoms with Crippen LogP contribution in [0.15, 0.2) is 59.5 Å². The van der Waals surface area contributed by atoms with E-state index < -0.39 is 0 Å². The molecule has 0 N–H and O–H groups in total. The average Bonchev–Trinajstić information content (AvgIpc) is 2.97. The summed E-state index contributed by atoms with van der Waals surface area (Å²) in [4.78, 5) is 29.6. The molecule has 1 heterocycles. The molecule has 0 aliphatic carbocycles. The van der Waals surface area contributed by atoms with Crippen molar-refractivity contribution >= 4 is 23.8 Å². The lowest BCUT2D eigenvalue weighted by atomic mass is 10.2. The highest BCUT2D eigenvalue weighted by molar-refractivity contribution is 7.99. The summed E-state index contributed by atoms with van der Waals surface area (Å²) < 4.78 is 5.41. The summed E-state index contributed by atoms with van der Waals surface area (Å²) in [5.41, 5.74) is 1.24. The third-order valence-corrected chi connectivity index (χ3v) is 5.67. The van der Waals surface area contributed by atoms with Gasteiger partial charge < -0.3 is 14.5 Å². The predicted molar refractivity (Wildman–Crippen MR) is 112 cm³/mol. The fourth-order valence-electron chi connectivity index (χ4n) is 3.05. The first-order valence-electron chi connectivity index (χ1n) is 9.61. The van der Waals surface area contributed by atoms with Crippen LogP contribution in [0.25, 0.3) is 0 Å². The first kappa shape index (κ1) is 20.3. The fourth-order valence-corrected chi connectivity index (χ4v) is 3.89. The number of ether oxygens (including phenoxy) is 1. The maximum Gasteiger partial charge on any atom is 0.415 e. The van der Waals surface area contributed by atoms with Crippen molar-refractivity contribution in [1.82, 2.24) is 9.80 Å². The van der Waals surface area contributed by atoms with Gasteiger partial charge in [0.1, 0.15) is 5.75 Å². The van der Waals surface area contributed by atoms with Gasteiger partial charge in [-0.3, -0.25) is 4.79 Å². The Bertz CT molecular complexity index is 780. The number of para-hydroxylation sites is 1. The average molecular weight is 399 g/mol. The number of carbonyl (C=O) groups is 2. The minimum absolute atomic E-state index is 0.151. The zero-order chi connectivity index (χ0) is 19.8. The second kappa shape index (κ2) is 10.2. The molecule has 2 amide bonds. The van der Waals surface area contributed by atoms with Gasteiger partial charge in [-0.05, 0) is 37.6 Å². The molecule has 1 aliphatic rings. The summed E-state index contributed by atoms with van der Waals surface area (Å²) in [6, 6.07) is 17.4. The Kier molecular flexibility index (Phi) is 7.37. The zero-order valence-corrected chi connectivity index (χ0v) is 17.0. The number of amides is 2. The van der Waals surface area contributed by atoms with Crippen LogP contribution in [0.3, 0.4) is 0 Å². The highest BCUT2D eigenvalue weighted by Crippen LogP contribution is 2.20. The molecule has 2 aromatic rings. The van der Waals surface area contributed by atoms with E-state index in [0.717, 1.165) is 12.2 Å². The molecule has 0 aromatic heterocycles. The molecule has 3 rings (SSSR count). The number of rotatable bonds is 5. The van der Waals surface area contributed by atoms with Gasteiger partial charge in [0.15, 0.2) is 0 Å². The first-order valence-corrected chi connectivity index (χ1v) is 10.6. The predicted octanol–water partition coefficient (Wildman–Crippen LogP) is 4.21. The monoisotopic (exact) mass is 398 g/mol. The molecule has 0 atom stereocenters. The molecule has 0 unspecified atom stereocenters. The summed E-state index contributed by atoms with van der Waals surface area (Å²) in [6.45, 7) is 4.41. The number of aryl methyl sites for hydroxylation is 1. The summed E-state index contributed by atoms with van der Waals surface area (Å²) >= 11 is 1.70. The summed E-state index contributed by atoms with van der Waals surface area (Å²) in [7, 11) is 0. The van der Waals surface area contributed by atoms with Crippen molar-refractivity contribution in [3.8, 4) is 5.75 Å². The number of thioether (sulfide) groups is 1. The van der Waals surface area contributed by atoms with Crippen molar-refractivity contribution in [2.45, 2.75) is 24.7 Å². The molecule has 2 aromatic carbocycles. The van der Waals surface area contributed by atoms with Crippen molar-refractivity contribution in [2.24, 2.45) is 0 Å². The third kappa shape index (κ3) is 6.02. The lowest BCUT2D eigenvalue weighted by Crippen LogP contribution is -2.38. The van der Waals surface area contributed by atoms with Gasteiger partial charge in [0.25, 0.3) is 0 Å². The summed E-state index contributed by atoms with van der Waals surface area (Å²) in [5.74, 6) is 1.45. The van der Waals surface area contributed by atoms with Crippen LogP contribution in [0.5, 0.6) is 5.75 Å². The minimum atomic E-state index is -0.351. The summed E-state index contributed by atoms with van der Waals surface area (Å²) in [5, 5.41) is 0. The highest BCUT2D eigenvalue weighted by Gasteiger charge is 2.23. The molecule has 1 fully saturated rings. The second-order valence-corrected chi connectivity index (χ2v) is 7.98. The summed E-state index contributed by atoms with van der Waals surface area (Å²) in [6.07, 6.45) is 0.920. The van der Waals surface area contributed by atoms with Crippen LogP contribution in [0.2, 0.25) is 0 Å². The van der Waals surface area contributed by atoms with E-state index in [1.807, 2.05) is 23.1 Å². The molecular formula is C22H26N2O3S. The van der Waals surface area contributed by atoms with E-state index in [9.17, 15) is 9.59 Å². The molecule has 5 nitrogen and oxygen atoms in total. The quantitative estimate of drug-likeness (QED) is 0.708. The topological polar surface area (TPSA) is 49.9 Å². The Morgan fingerprint density at radius 3 is 2.36 bits per heavy atom. The largest absolute Gasteiger partial charge is 0.415 e. The minimum Gasteiger partial charge on any atom is -0.410 e. The Balaban J connectivity index is 1.43. The molecular weight excluding hydrogens is 372 g/mol. The Morgan fingerprint density at radius 1 is 0.929 bits per heavy atom. The van der Waals surface area contributed by atoms with E-state index in [4.69, 9.17) is 4.74 Å². The fraction of sp³-hybridized carbons (Fsp3) is 0.364. The van der Waals surface area contributed by atoms with Crippen LogP contribution in [-0.2, 0) is 4.79 Å². The van der Waals surface area contributed by atoms with Crippen LogP contribution in [0.1, 0.15) is 18.4 Å². The molecule has 0 radical (unpaired) electrons. The smallest absolute Gasteiger partial charge is 0.410 e. The molecule has 0 saturated carbocycles. The van der Waals surface area contributed by atoms with Crippen LogP contribution < -0.4 is 4.74 Å². The van der Waals surface area contributed by atoms with E-state index in [1.54, 1.807) is 28.8 Å². The Labute approximate surface area is 170 Å². The SMILES string of the molecule is Cc1ccc(SCCC(=O)N2CCCN(C(=O)Oc3ccccc3)CC2)cc1. The van der Waals surface area contributed by atoms with Gasteiger partial charge in [-0.25, -0.2) is 4.79 Å². The van der Waals surface area contributed by atoms with Gasteiger partial charge in [-0.1, -0.05) is 35.9 Å². The van der Waals surface area contributed by atoms with Gasteiger partial charge in [0.05, 0.1) is 0 Å². The van der Waals surface area contributed by atoms with Gasteiger partial charge in [0.2, 0.25) is 5.91 Å². The Hall–Kier alpha value is -2.47. The van der Waals surface area contributed by atoms with Gasteiger partial charge >= 0.3 is 6.09 Å². The van der Waals surface area contributed by atoms with Crippen LogP contribution >= 0.6 is 11.8 Å². The van der Waals surface area contributed by atoms with Crippen molar-refractivity contribution in [3.63, 3.8) is 0 Å². The maximum absolute atomic E-state index is 12.5. The second-order valence-electron chi connectivity index (χ2n) is 6.81. The number of carbonyl (C=O) groups excluding carboxylic acids is 2. The van der Waals surface area contributed by atoms with Crippen LogP contribution in [0.4, 0.5) is 4.79 Å². The lowest BCUT2D eigenvalue weighted by molar-refractivity contribution is -0.130. The van der Waals surface area contributed by atoms with E-state index in [1.165, 1.54) is 10.5 Å². The van der Waals surface area contributed by atoms with E-state index in [2.05, 4.69) is 31.2 Å². The van der Waals surface area contributed by atoms with E-state index >= 15 is 0 Å². The molecule has 1 aliphatic heterocycles. The molecule has 28 heavy (non-hydrogen) atoms. The number of hydrogen-bond acceptors (Lipinski definition) is 4. The van der Waals surface area contributed by atoms with Gasteiger partial charge in [-0.15, -0.1) is 11.8 Å². The Morgan fingerprint density at radius 2 is 1.61 bits per heavy atom. The van der Waals surface area contributed by atoms with Crippen molar-refractivity contribution in [1.29, 1.82) is 0 Å². The zero-order valence-electron chi connectivity index (χ0n) is 16.2. The van der Waals surface area contributed by atoms with Crippen molar-refractivity contribution in [3.05, 3.63) is 60.2 Å². The molecule has 0 bridgehead atoms. The molecule has 6 heteroatoms. The standard InChI is InChI=1S/C22H26N2O3S/c1-18-8-10-20(11-9-18)28-17-12-21(25)23-13-5-14-24(16-15-23)22(26)27-19-6-3-2-4-7-19/h2-4,6-11H,5,12-17H2,1H3. The molecule has 0 spiro atoms. The molecule has 148 valence electrons.